The van der Waals surface area contributed by atoms with E-state index in [1.807, 2.05) is 0 Å². The zero-order chi connectivity index (χ0) is 7.56. The van der Waals surface area contributed by atoms with Crippen LogP contribution in [0.25, 0.3) is 0 Å². The van der Waals surface area contributed by atoms with Crippen molar-refractivity contribution in [2.45, 2.75) is 32.9 Å². The highest BCUT2D eigenvalue weighted by molar-refractivity contribution is 5.12. The first-order valence-corrected chi connectivity index (χ1v) is 3.84. The van der Waals surface area contributed by atoms with Crippen molar-refractivity contribution >= 4 is 0 Å². The molecule has 1 unspecified atom stereocenters. The van der Waals surface area contributed by atoms with E-state index in [4.69, 9.17) is 0 Å². The molecular weight excluding hydrogens is 122 g/mol. The fourth-order valence-corrected chi connectivity index (χ4v) is 1.25. The standard InChI is InChI=1S/C9H15N/c1-8(2)10-7-5-4-6-9(10)3/h4-9H,1-3H3. The zero-order valence-corrected chi connectivity index (χ0v) is 6.91. The average Bonchev–Trinajstić information content (AvgIpc) is 1.88. The summed E-state index contributed by atoms with van der Waals surface area (Å²) < 4.78 is 0. The highest BCUT2D eigenvalue weighted by atomic mass is 15.2. The van der Waals surface area contributed by atoms with Crippen molar-refractivity contribution in [2.75, 3.05) is 0 Å². The third-order valence-electron chi connectivity index (χ3n) is 1.83. The molecule has 0 radical (unpaired) electrons. The minimum absolute atomic E-state index is 0.560. The largest absolute Gasteiger partial charge is 0.369 e. The van der Waals surface area contributed by atoms with Crippen LogP contribution >= 0.6 is 0 Å². The number of rotatable bonds is 1. The van der Waals surface area contributed by atoms with Gasteiger partial charge in [-0.15, -0.1) is 0 Å². The van der Waals surface area contributed by atoms with Crippen LogP contribution in [0.1, 0.15) is 20.8 Å². The third-order valence-corrected chi connectivity index (χ3v) is 1.83. The minimum atomic E-state index is 0.560. The van der Waals surface area contributed by atoms with E-state index in [0.717, 1.165) is 0 Å². The molecular formula is C9H15N. The van der Waals surface area contributed by atoms with Crippen molar-refractivity contribution in [1.82, 2.24) is 4.90 Å². The summed E-state index contributed by atoms with van der Waals surface area (Å²) in [7, 11) is 0. The van der Waals surface area contributed by atoms with Gasteiger partial charge in [-0.3, -0.25) is 0 Å². The Hall–Kier alpha value is -0.720. The summed E-state index contributed by atoms with van der Waals surface area (Å²) in [5.41, 5.74) is 0. The van der Waals surface area contributed by atoms with E-state index in [1.54, 1.807) is 0 Å². The van der Waals surface area contributed by atoms with Gasteiger partial charge in [-0.2, -0.15) is 0 Å². The van der Waals surface area contributed by atoms with E-state index in [9.17, 15) is 0 Å². The molecule has 1 atom stereocenters. The van der Waals surface area contributed by atoms with Crippen LogP contribution in [0, 0.1) is 0 Å². The van der Waals surface area contributed by atoms with Crippen molar-refractivity contribution in [1.29, 1.82) is 0 Å². The molecule has 56 valence electrons. The molecule has 0 aromatic rings. The maximum atomic E-state index is 2.33. The first kappa shape index (κ1) is 7.39. The molecule has 0 aromatic carbocycles. The van der Waals surface area contributed by atoms with Gasteiger partial charge in [0.25, 0.3) is 0 Å². The summed E-state index contributed by atoms with van der Waals surface area (Å²) in [4.78, 5) is 2.33. The molecule has 1 heterocycles. The highest BCUT2D eigenvalue weighted by Gasteiger charge is 2.10. The lowest BCUT2D eigenvalue weighted by atomic mass is 10.2. The average molecular weight is 137 g/mol. The van der Waals surface area contributed by atoms with Crippen LogP contribution in [-0.4, -0.2) is 17.0 Å². The molecule has 1 aliphatic rings. The molecule has 1 nitrogen and oxygen atoms in total. The summed E-state index contributed by atoms with van der Waals surface area (Å²) in [5.74, 6) is 0. The Bertz CT molecular complexity index is 156. The first-order chi connectivity index (χ1) is 4.72. The Morgan fingerprint density at radius 1 is 1.30 bits per heavy atom. The van der Waals surface area contributed by atoms with Crippen molar-refractivity contribution in [3.63, 3.8) is 0 Å². The molecule has 1 heteroatoms. The molecule has 0 fully saturated rings. The van der Waals surface area contributed by atoms with Gasteiger partial charge in [0.1, 0.15) is 0 Å². The Balaban J connectivity index is 2.61. The lowest BCUT2D eigenvalue weighted by molar-refractivity contribution is 0.274. The van der Waals surface area contributed by atoms with Gasteiger partial charge in [0, 0.05) is 12.1 Å². The SMILES string of the molecule is CC(C)N1C=CC=CC1C. The number of hydrogen-bond acceptors (Lipinski definition) is 1. The summed E-state index contributed by atoms with van der Waals surface area (Å²) in [6.07, 6.45) is 8.54. The molecule has 0 N–H and O–H groups in total. The van der Waals surface area contributed by atoms with Crippen LogP contribution in [0.2, 0.25) is 0 Å². The molecule has 0 amide bonds. The smallest absolute Gasteiger partial charge is 0.0445 e. The van der Waals surface area contributed by atoms with Gasteiger partial charge in [-0.25, -0.2) is 0 Å². The Kier molecular flexibility index (Phi) is 2.15. The maximum Gasteiger partial charge on any atom is 0.0445 e. The summed E-state index contributed by atoms with van der Waals surface area (Å²) in [6, 6.07) is 1.17. The quantitative estimate of drug-likeness (QED) is 0.535. The van der Waals surface area contributed by atoms with Crippen LogP contribution in [0.5, 0.6) is 0 Å². The molecule has 1 rings (SSSR count). The molecule has 1 aliphatic heterocycles. The van der Waals surface area contributed by atoms with Gasteiger partial charge in [-0.05, 0) is 33.0 Å². The van der Waals surface area contributed by atoms with Crippen LogP contribution in [0.15, 0.2) is 24.4 Å². The van der Waals surface area contributed by atoms with Gasteiger partial charge in [0.15, 0.2) is 0 Å². The Morgan fingerprint density at radius 2 is 2.00 bits per heavy atom. The first-order valence-electron chi connectivity index (χ1n) is 3.84. The molecule has 0 bridgehead atoms. The summed E-state index contributed by atoms with van der Waals surface area (Å²) in [6.45, 7) is 6.62. The third kappa shape index (κ3) is 1.41. The monoisotopic (exact) mass is 137 g/mol. The molecule has 0 spiro atoms. The normalized spacial score (nSPS) is 24.4. The van der Waals surface area contributed by atoms with Crippen molar-refractivity contribution < 1.29 is 0 Å². The van der Waals surface area contributed by atoms with Crippen molar-refractivity contribution in [3.8, 4) is 0 Å². The van der Waals surface area contributed by atoms with E-state index in [0.29, 0.717) is 12.1 Å². The molecule has 0 aliphatic carbocycles. The van der Waals surface area contributed by atoms with Gasteiger partial charge in [-0.1, -0.05) is 12.2 Å². The van der Waals surface area contributed by atoms with Gasteiger partial charge >= 0.3 is 0 Å². The van der Waals surface area contributed by atoms with Crippen molar-refractivity contribution in [3.05, 3.63) is 24.4 Å². The van der Waals surface area contributed by atoms with Gasteiger partial charge in [0.2, 0.25) is 0 Å². The highest BCUT2D eigenvalue weighted by Crippen LogP contribution is 2.10. The topological polar surface area (TPSA) is 3.24 Å². The maximum absolute atomic E-state index is 2.33. The Morgan fingerprint density at radius 3 is 2.40 bits per heavy atom. The van der Waals surface area contributed by atoms with Crippen LogP contribution in [0.4, 0.5) is 0 Å². The van der Waals surface area contributed by atoms with Crippen LogP contribution in [-0.2, 0) is 0 Å². The lowest BCUT2D eigenvalue weighted by Crippen LogP contribution is -2.33. The molecule has 10 heavy (non-hydrogen) atoms. The second kappa shape index (κ2) is 2.91. The van der Waals surface area contributed by atoms with E-state index in [-0.39, 0.29) is 0 Å². The van der Waals surface area contributed by atoms with E-state index in [2.05, 4.69) is 50.1 Å². The fourth-order valence-electron chi connectivity index (χ4n) is 1.25. The second-order valence-electron chi connectivity index (χ2n) is 3.01. The van der Waals surface area contributed by atoms with E-state index in [1.165, 1.54) is 0 Å². The predicted molar refractivity (Wildman–Crippen MR) is 44.7 cm³/mol. The van der Waals surface area contributed by atoms with Crippen LogP contribution < -0.4 is 0 Å². The zero-order valence-electron chi connectivity index (χ0n) is 6.91. The minimum Gasteiger partial charge on any atom is -0.369 e. The van der Waals surface area contributed by atoms with E-state index >= 15 is 0 Å². The number of nitrogens with zero attached hydrogens (tertiary/aromatic N) is 1. The predicted octanol–water partition coefficient (Wildman–Crippen LogP) is 2.17. The second-order valence-corrected chi connectivity index (χ2v) is 3.01. The molecule has 0 aromatic heterocycles. The summed E-state index contributed by atoms with van der Waals surface area (Å²) in [5, 5.41) is 0. The van der Waals surface area contributed by atoms with Crippen molar-refractivity contribution in [2.24, 2.45) is 0 Å². The Labute approximate surface area is 63.0 Å². The molecule has 0 saturated heterocycles. The molecule has 0 saturated carbocycles. The van der Waals surface area contributed by atoms with Gasteiger partial charge < -0.3 is 4.90 Å². The van der Waals surface area contributed by atoms with E-state index < -0.39 is 0 Å². The number of hydrogen-bond donors (Lipinski definition) is 0. The number of allylic oxidation sites excluding steroid dienone is 2. The fraction of sp³-hybridized carbons (Fsp3) is 0.556. The summed E-state index contributed by atoms with van der Waals surface area (Å²) >= 11 is 0. The van der Waals surface area contributed by atoms with Crippen LogP contribution in [0.3, 0.4) is 0 Å². The lowest BCUT2D eigenvalue weighted by Gasteiger charge is -2.31. The van der Waals surface area contributed by atoms with Gasteiger partial charge in [0.05, 0.1) is 0 Å².